The minimum atomic E-state index is -0.387. The summed E-state index contributed by atoms with van der Waals surface area (Å²) in [6, 6.07) is 10.3. The molecular weight excluding hydrogens is 369 g/mol. The second kappa shape index (κ2) is 11.1. The van der Waals surface area contributed by atoms with E-state index in [1.807, 2.05) is 32.0 Å². The lowest BCUT2D eigenvalue weighted by atomic mass is 10.1. The van der Waals surface area contributed by atoms with Crippen LogP contribution in [0.5, 0.6) is 11.5 Å². The highest BCUT2D eigenvalue weighted by Gasteiger charge is 2.13. The Morgan fingerprint density at radius 1 is 1.15 bits per heavy atom. The van der Waals surface area contributed by atoms with E-state index in [-0.39, 0.29) is 18.5 Å². The fraction of sp³-hybridized carbons (Fsp3) is 0.429. The van der Waals surface area contributed by atoms with Gasteiger partial charge in [0.05, 0.1) is 18.2 Å². The first kappa shape index (κ1) is 21.5. The van der Waals surface area contributed by atoms with Gasteiger partial charge in [-0.3, -0.25) is 0 Å². The summed E-state index contributed by atoms with van der Waals surface area (Å²) in [4.78, 5) is 0. The highest BCUT2D eigenvalue weighted by atomic mass is 35.5. The summed E-state index contributed by atoms with van der Waals surface area (Å²) in [6.45, 7) is 6.23. The van der Waals surface area contributed by atoms with E-state index < -0.39 is 0 Å². The molecule has 0 saturated carbocycles. The van der Waals surface area contributed by atoms with Gasteiger partial charge >= 0.3 is 0 Å². The molecule has 0 amide bonds. The number of nitrogens with one attached hydrogen (secondary N) is 1. The summed E-state index contributed by atoms with van der Waals surface area (Å²) in [6.07, 6.45) is 1.16. The van der Waals surface area contributed by atoms with E-state index in [1.54, 1.807) is 19.2 Å². The third-order valence-corrected chi connectivity index (χ3v) is 4.32. The van der Waals surface area contributed by atoms with Crippen molar-refractivity contribution >= 4 is 11.6 Å². The molecule has 2 aromatic carbocycles. The minimum Gasteiger partial charge on any atom is -0.493 e. The van der Waals surface area contributed by atoms with Gasteiger partial charge in [-0.05, 0) is 45.0 Å². The molecule has 27 heavy (non-hydrogen) atoms. The third-order valence-electron chi connectivity index (χ3n) is 3.97. The van der Waals surface area contributed by atoms with Crippen LogP contribution in [-0.2, 0) is 17.9 Å². The molecule has 0 atom stereocenters. The molecule has 0 aliphatic rings. The van der Waals surface area contributed by atoms with Gasteiger partial charge in [0.2, 0.25) is 0 Å². The Morgan fingerprint density at radius 3 is 2.63 bits per heavy atom. The molecule has 0 bridgehead atoms. The second-order valence-corrected chi connectivity index (χ2v) is 6.79. The highest BCUT2D eigenvalue weighted by molar-refractivity contribution is 6.31. The number of ether oxygens (including phenoxy) is 3. The Balaban J connectivity index is 2.00. The number of rotatable bonds is 11. The summed E-state index contributed by atoms with van der Waals surface area (Å²) in [5.41, 5.74) is 1.27. The summed E-state index contributed by atoms with van der Waals surface area (Å²) in [5.74, 6) is 0.803. The van der Waals surface area contributed by atoms with Gasteiger partial charge in [0, 0.05) is 24.3 Å². The van der Waals surface area contributed by atoms with Crippen LogP contribution in [0.2, 0.25) is 5.02 Å². The molecule has 1 N–H and O–H groups in total. The molecule has 0 saturated heterocycles. The van der Waals surface area contributed by atoms with Crippen LogP contribution in [0.1, 0.15) is 31.4 Å². The highest BCUT2D eigenvalue weighted by Crippen LogP contribution is 2.32. The molecular formula is C21H27ClFNO3. The number of para-hydroxylation sites is 1. The Morgan fingerprint density at radius 2 is 1.93 bits per heavy atom. The van der Waals surface area contributed by atoms with Crippen molar-refractivity contribution in [3.63, 3.8) is 0 Å². The lowest BCUT2D eigenvalue weighted by molar-refractivity contribution is 0.0770. The van der Waals surface area contributed by atoms with Crippen LogP contribution >= 0.6 is 11.6 Å². The predicted molar refractivity (Wildman–Crippen MR) is 106 cm³/mol. The van der Waals surface area contributed by atoms with Gasteiger partial charge in [0.25, 0.3) is 0 Å². The Kier molecular flexibility index (Phi) is 8.85. The van der Waals surface area contributed by atoms with E-state index in [1.165, 1.54) is 6.07 Å². The quantitative estimate of drug-likeness (QED) is 0.545. The summed E-state index contributed by atoms with van der Waals surface area (Å²) >= 11 is 6.09. The molecule has 0 aliphatic carbocycles. The first-order chi connectivity index (χ1) is 13.0. The fourth-order valence-electron chi connectivity index (χ4n) is 2.58. The first-order valence-electron chi connectivity index (χ1n) is 9.06. The third kappa shape index (κ3) is 6.69. The first-order valence-corrected chi connectivity index (χ1v) is 9.44. The lowest BCUT2D eigenvalue weighted by Crippen LogP contribution is -2.18. The maximum atomic E-state index is 14.0. The summed E-state index contributed by atoms with van der Waals surface area (Å²) in [7, 11) is 1.58. The number of hydrogen-bond acceptors (Lipinski definition) is 4. The SMILES string of the molecule is COc1cccc(CNCCCOC(C)C)c1OCc1c(F)cccc1Cl. The maximum Gasteiger partial charge on any atom is 0.166 e. The molecule has 0 fully saturated rings. The van der Waals surface area contributed by atoms with Gasteiger partial charge in [-0.1, -0.05) is 29.8 Å². The molecule has 0 radical (unpaired) electrons. The molecule has 2 rings (SSSR count). The van der Waals surface area contributed by atoms with E-state index in [4.69, 9.17) is 25.8 Å². The number of methoxy groups -OCH3 is 1. The molecule has 6 heteroatoms. The average Bonchev–Trinajstić information content (AvgIpc) is 2.64. The van der Waals surface area contributed by atoms with Gasteiger partial charge in [0.1, 0.15) is 12.4 Å². The fourth-order valence-corrected chi connectivity index (χ4v) is 2.80. The number of benzene rings is 2. The van der Waals surface area contributed by atoms with Crippen molar-refractivity contribution in [3.8, 4) is 11.5 Å². The topological polar surface area (TPSA) is 39.7 Å². The van der Waals surface area contributed by atoms with Gasteiger partial charge in [-0.15, -0.1) is 0 Å². The molecule has 148 valence electrons. The van der Waals surface area contributed by atoms with Gasteiger partial charge in [-0.2, -0.15) is 0 Å². The molecule has 0 spiro atoms. The van der Waals surface area contributed by atoms with Crippen LogP contribution in [0, 0.1) is 5.82 Å². The largest absolute Gasteiger partial charge is 0.493 e. The van der Waals surface area contributed by atoms with Crippen molar-refractivity contribution in [2.45, 2.75) is 39.5 Å². The van der Waals surface area contributed by atoms with Gasteiger partial charge < -0.3 is 19.5 Å². The Hall–Kier alpha value is -1.82. The smallest absolute Gasteiger partial charge is 0.166 e. The predicted octanol–water partition coefficient (Wildman–Crippen LogP) is 4.97. The molecule has 0 aromatic heterocycles. The van der Waals surface area contributed by atoms with Crippen LogP contribution in [-0.4, -0.2) is 26.4 Å². The van der Waals surface area contributed by atoms with Crippen molar-refractivity contribution in [2.24, 2.45) is 0 Å². The van der Waals surface area contributed by atoms with Crippen LogP contribution in [0.4, 0.5) is 4.39 Å². The zero-order valence-corrected chi connectivity index (χ0v) is 16.8. The van der Waals surface area contributed by atoms with Crippen LogP contribution in [0.3, 0.4) is 0 Å². The van der Waals surface area contributed by atoms with Crippen molar-refractivity contribution in [2.75, 3.05) is 20.3 Å². The second-order valence-electron chi connectivity index (χ2n) is 6.39. The van der Waals surface area contributed by atoms with E-state index >= 15 is 0 Å². The minimum absolute atomic E-state index is 0.0289. The lowest BCUT2D eigenvalue weighted by Gasteiger charge is -2.16. The standard InChI is InChI=1S/C21H27ClFNO3/c1-15(2)26-12-6-11-24-13-16-7-4-10-20(25-3)21(16)27-14-17-18(22)8-5-9-19(17)23/h4-5,7-10,15,24H,6,11-14H2,1-3H3. The van der Waals surface area contributed by atoms with E-state index in [9.17, 15) is 4.39 Å². The van der Waals surface area contributed by atoms with Crippen molar-refractivity contribution in [3.05, 3.63) is 58.4 Å². The molecule has 0 aliphatic heterocycles. The monoisotopic (exact) mass is 395 g/mol. The summed E-state index contributed by atoms with van der Waals surface area (Å²) in [5, 5.41) is 3.71. The zero-order chi connectivity index (χ0) is 19.6. The molecule has 4 nitrogen and oxygen atoms in total. The number of halogens is 2. The van der Waals surface area contributed by atoms with E-state index in [2.05, 4.69) is 5.32 Å². The summed E-state index contributed by atoms with van der Waals surface area (Å²) < 4.78 is 30.8. The zero-order valence-electron chi connectivity index (χ0n) is 16.1. The average molecular weight is 396 g/mol. The number of hydrogen-bond donors (Lipinski definition) is 1. The molecule has 2 aromatic rings. The van der Waals surface area contributed by atoms with Crippen LogP contribution in [0.15, 0.2) is 36.4 Å². The normalized spacial score (nSPS) is 11.0. The van der Waals surface area contributed by atoms with Crippen molar-refractivity contribution in [1.29, 1.82) is 0 Å². The van der Waals surface area contributed by atoms with E-state index in [0.29, 0.717) is 28.6 Å². The maximum absolute atomic E-state index is 14.0. The van der Waals surface area contributed by atoms with Crippen LogP contribution < -0.4 is 14.8 Å². The molecule has 0 unspecified atom stereocenters. The van der Waals surface area contributed by atoms with E-state index in [0.717, 1.165) is 25.1 Å². The Bertz CT molecular complexity index is 704. The van der Waals surface area contributed by atoms with Crippen molar-refractivity contribution in [1.82, 2.24) is 5.32 Å². The van der Waals surface area contributed by atoms with Gasteiger partial charge in [0.15, 0.2) is 11.5 Å². The van der Waals surface area contributed by atoms with Crippen molar-refractivity contribution < 1.29 is 18.6 Å². The van der Waals surface area contributed by atoms with Gasteiger partial charge in [-0.25, -0.2) is 4.39 Å². The van der Waals surface area contributed by atoms with Crippen LogP contribution in [0.25, 0.3) is 0 Å². The Labute approximate surface area is 165 Å². The molecule has 0 heterocycles.